The minimum atomic E-state index is 0.0525. The van der Waals surface area contributed by atoms with Crippen molar-refractivity contribution in [2.24, 2.45) is 0 Å². The summed E-state index contributed by atoms with van der Waals surface area (Å²) in [4.78, 5) is 2.39. The smallest absolute Gasteiger partial charge is 0.200 e. The topological polar surface area (TPSA) is 54.0 Å². The van der Waals surface area contributed by atoms with Crippen molar-refractivity contribution in [2.45, 2.75) is 38.4 Å². The number of methoxy groups -OCH3 is 2. The molecule has 1 fully saturated rings. The number of phenols is 1. The average molecular weight is 294 g/mol. The molecule has 2 N–H and O–H groups in total. The SMILES string of the molecule is COc1cc(CNC2CCN(C)C(C)C2)cc(OC)c1O. The number of piperidine rings is 1. The summed E-state index contributed by atoms with van der Waals surface area (Å²) in [7, 11) is 5.27. The Labute approximate surface area is 126 Å². The van der Waals surface area contributed by atoms with Crippen molar-refractivity contribution in [2.75, 3.05) is 27.8 Å². The van der Waals surface area contributed by atoms with E-state index in [4.69, 9.17) is 9.47 Å². The Morgan fingerprint density at radius 1 is 1.29 bits per heavy atom. The van der Waals surface area contributed by atoms with Gasteiger partial charge in [0.1, 0.15) is 0 Å². The monoisotopic (exact) mass is 294 g/mol. The van der Waals surface area contributed by atoms with Gasteiger partial charge in [-0.3, -0.25) is 0 Å². The molecule has 5 nitrogen and oxygen atoms in total. The number of hydrogen-bond donors (Lipinski definition) is 2. The highest BCUT2D eigenvalue weighted by atomic mass is 16.5. The van der Waals surface area contributed by atoms with Crippen molar-refractivity contribution in [1.82, 2.24) is 10.2 Å². The molecule has 0 bridgehead atoms. The summed E-state index contributed by atoms with van der Waals surface area (Å²) in [5.41, 5.74) is 1.05. The molecule has 0 aromatic heterocycles. The lowest BCUT2D eigenvalue weighted by Gasteiger charge is -2.35. The minimum absolute atomic E-state index is 0.0525. The maximum absolute atomic E-state index is 9.92. The fourth-order valence-electron chi connectivity index (χ4n) is 2.79. The average Bonchev–Trinajstić information content (AvgIpc) is 2.49. The summed E-state index contributed by atoms with van der Waals surface area (Å²) >= 11 is 0. The van der Waals surface area contributed by atoms with Gasteiger partial charge in [0.15, 0.2) is 11.5 Å². The highest BCUT2D eigenvalue weighted by Crippen LogP contribution is 2.37. The summed E-state index contributed by atoms with van der Waals surface area (Å²) in [5, 5.41) is 13.5. The molecule has 1 aromatic rings. The summed E-state index contributed by atoms with van der Waals surface area (Å²) in [6.45, 7) is 4.13. The predicted molar refractivity (Wildman–Crippen MR) is 83.2 cm³/mol. The number of ether oxygens (including phenoxy) is 2. The standard InChI is InChI=1S/C16H26N2O3/c1-11-7-13(5-6-18(11)2)17-10-12-8-14(20-3)16(19)15(9-12)21-4/h8-9,11,13,17,19H,5-7,10H2,1-4H3. The van der Waals surface area contributed by atoms with Crippen LogP contribution < -0.4 is 14.8 Å². The molecule has 0 radical (unpaired) electrons. The molecule has 118 valence electrons. The fraction of sp³-hybridized carbons (Fsp3) is 0.625. The van der Waals surface area contributed by atoms with Gasteiger partial charge in [-0.15, -0.1) is 0 Å². The molecule has 2 unspecified atom stereocenters. The van der Waals surface area contributed by atoms with Gasteiger partial charge in [-0.1, -0.05) is 0 Å². The van der Waals surface area contributed by atoms with Crippen LogP contribution in [0.5, 0.6) is 17.2 Å². The van der Waals surface area contributed by atoms with E-state index in [1.165, 1.54) is 0 Å². The molecule has 2 rings (SSSR count). The zero-order valence-electron chi connectivity index (χ0n) is 13.3. The van der Waals surface area contributed by atoms with E-state index in [-0.39, 0.29) is 5.75 Å². The zero-order chi connectivity index (χ0) is 15.4. The van der Waals surface area contributed by atoms with Crippen LogP contribution >= 0.6 is 0 Å². The third kappa shape index (κ3) is 3.80. The molecule has 1 aromatic carbocycles. The number of likely N-dealkylation sites (tertiary alicyclic amines) is 1. The highest BCUT2D eigenvalue weighted by molar-refractivity contribution is 5.52. The van der Waals surface area contributed by atoms with E-state index in [1.807, 2.05) is 12.1 Å². The lowest BCUT2D eigenvalue weighted by Crippen LogP contribution is -2.45. The molecule has 0 aliphatic carbocycles. The first-order valence-electron chi connectivity index (χ1n) is 7.42. The maximum atomic E-state index is 9.92. The van der Waals surface area contributed by atoms with Crippen molar-refractivity contribution >= 4 is 0 Å². The van der Waals surface area contributed by atoms with Crippen LogP contribution in [-0.4, -0.2) is 49.9 Å². The van der Waals surface area contributed by atoms with E-state index >= 15 is 0 Å². The van der Waals surface area contributed by atoms with Gasteiger partial charge in [-0.2, -0.15) is 0 Å². The molecule has 5 heteroatoms. The van der Waals surface area contributed by atoms with Gasteiger partial charge in [0.25, 0.3) is 0 Å². The van der Waals surface area contributed by atoms with Crippen molar-refractivity contribution in [3.8, 4) is 17.2 Å². The molecular formula is C16H26N2O3. The predicted octanol–water partition coefficient (Wildman–Crippen LogP) is 1.98. The van der Waals surface area contributed by atoms with Crippen LogP contribution in [0.15, 0.2) is 12.1 Å². The number of benzene rings is 1. The molecule has 1 saturated heterocycles. The van der Waals surface area contributed by atoms with Gasteiger partial charge in [0, 0.05) is 18.6 Å². The minimum Gasteiger partial charge on any atom is -0.502 e. The van der Waals surface area contributed by atoms with E-state index in [9.17, 15) is 5.11 Å². The van der Waals surface area contributed by atoms with Gasteiger partial charge >= 0.3 is 0 Å². The number of rotatable bonds is 5. The number of aromatic hydroxyl groups is 1. The van der Waals surface area contributed by atoms with Gasteiger partial charge in [-0.25, -0.2) is 0 Å². The van der Waals surface area contributed by atoms with Crippen molar-refractivity contribution < 1.29 is 14.6 Å². The number of nitrogens with zero attached hydrogens (tertiary/aromatic N) is 1. The first-order valence-corrected chi connectivity index (χ1v) is 7.42. The second-order valence-corrected chi connectivity index (χ2v) is 5.78. The van der Waals surface area contributed by atoms with Gasteiger partial charge < -0.3 is 24.8 Å². The lowest BCUT2D eigenvalue weighted by atomic mass is 9.98. The van der Waals surface area contributed by atoms with Crippen molar-refractivity contribution in [3.05, 3.63) is 17.7 Å². The van der Waals surface area contributed by atoms with Crippen LogP contribution in [0.1, 0.15) is 25.3 Å². The van der Waals surface area contributed by atoms with Crippen LogP contribution in [0.2, 0.25) is 0 Å². The van der Waals surface area contributed by atoms with Crippen LogP contribution in [-0.2, 0) is 6.54 Å². The van der Waals surface area contributed by atoms with Crippen LogP contribution in [0.25, 0.3) is 0 Å². The highest BCUT2D eigenvalue weighted by Gasteiger charge is 2.22. The van der Waals surface area contributed by atoms with E-state index < -0.39 is 0 Å². The number of phenolic OH excluding ortho intramolecular Hbond substituents is 1. The second-order valence-electron chi connectivity index (χ2n) is 5.78. The van der Waals surface area contributed by atoms with Crippen molar-refractivity contribution in [1.29, 1.82) is 0 Å². The van der Waals surface area contributed by atoms with E-state index in [1.54, 1.807) is 14.2 Å². The van der Waals surface area contributed by atoms with Gasteiger partial charge in [-0.05, 0) is 51.1 Å². The summed E-state index contributed by atoms with van der Waals surface area (Å²) in [6, 6.07) is 4.84. The molecule has 0 amide bonds. The Balaban J connectivity index is 2.00. The van der Waals surface area contributed by atoms with Crippen LogP contribution in [0.3, 0.4) is 0 Å². The summed E-state index contributed by atoms with van der Waals surface area (Å²) in [5.74, 6) is 0.947. The van der Waals surface area contributed by atoms with Crippen LogP contribution in [0, 0.1) is 0 Å². The van der Waals surface area contributed by atoms with E-state index in [0.717, 1.165) is 31.5 Å². The Hall–Kier alpha value is -1.46. The molecule has 1 aliphatic rings. The fourth-order valence-corrected chi connectivity index (χ4v) is 2.79. The molecular weight excluding hydrogens is 268 g/mol. The third-order valence-corrected chi connectivity index (χ3v) is 4.34. The summed E-state index contributed by atoms with van der Waals surface area (Å²) < 4.78 is 10.4. The molecule has 2 atom stereocenters. The normalized spacial score (nSPS) is 23.0. The largest absolute Gasteiger partial charge is 0.502 e. The second kappa shape index (κ2) is 7.00. The Morgan fingerprint density at radius 3 is 2.43 bits per heavy atom. The third-order valence-electron chi connectivity index (χ3n) is 4.34. The quantitative estimate of drug-likeness (QED) is 0.870. The lowest BCUT2D eigenvalue weighted by molar-refractivity contribution is 0.168. The summed E-state index contributed by atoms with van der Waals surface area (Å²) in [6.07, 6.45) is 2.32. The van der Waals surface area contributed by atoms with Gasteiger partial charge in [0.2, 0.25) is 5.75 Å². The zero-order valence-corrected chi connectivity index (χ0v) is 13.3. The molecule has 0 saturated carbocycles. The van der Waals surface area contributed by atoms with Gasteiger partial charge in [0.05, 0.1) is 14.2 Å². The van der Waals surface area contributed by atoms with E-state index in [0.29, 0.717) is 23.6 Å². The molecule has 1 aliphatic heterocycles. The number of nitrogens with one attached hydrogen (secondary N) is 1. The molecule has 0 spiro atoms. The Morgan fingerprint density at radius 2 is 1.90 bits per heavy atom. The van der Waals surface area contributed by atoms with E-state index in [2.05, 4.69) is 24.2 Å². The molecule has 1 heterocycles. The number of hydrogen-bond acceptors (Lipinski definition) is 5. The first-order chi connectivity index (χ1) is 10.0. The maximum Gasteiger partial charge on any atom is 0.200 e. The van der Waals surface area contributed by atoms with Crippen LogP contribution in [0.4, 0.5) is 0 Å². The van der Waals surface area contributed by atoms with Crippen molar-refractivity contribution in [3.63, 3.8) is 0 Å². The first kappa shape index (κ1) is 15.9. The molecule has 21 heavy (non-hydrogen) atoms. The Bertz CT molecular complexity index is 454. The Kier molecular flexibility index (Phi) is 5.31.